The number of nitrogens with zero attached hydrogens (tertiary/aromatic N) is 4. The number of hydrogen-bond donors (Lipinski definition) is 1. The number of nitrogens with one attached hydrogen (secondary N) is 1. The Labute approximate surface area is 136 Å². The Balaban J connectivity index is 1.56. The molecule has 1 aliphatic carbocycles. The minimum absolute atomic E-state index is 0.137. The fourth-order valence-corrected chi connectivity index (χ4v) is 3.16. The zero-order valence-electron chi connectivity index (χ0n) is 13.3. The minimum atomic E-state index is -0.137. The molecule has 2 amide bonds. The van der Waals surface area contributed by atoms with E-state index in [0.717, 1.165) is 38.2 Å². The third-order valence-corrected chi connectivity index (χ3v) is 4.60. The van der Waals surface area contributed by atoms with Crippen LogP contribution in [0, 0.1) is 0 Å². The van der Waals surface area contributed by atoms with Crippen LogP contribution in [-0.4, -0.2) is 59.4 Å². The second-order valence-corrected chi connectivity index (χ2v) is 6.20. The molecule has 0 aromatic carbocycles. The minimum Gasteiger partial charge on any atom is -0.352 e. The van der Waals surface area contributed by atoms with Gasteiger partial charge in [0, 0.05) is 32.2 Å². The Morgan fingerprint density at radius 3 is 2.43 bits per heavy atom. The van der Waals surface area contributed by atoms with Crippen LogP contribution < -0.4 is 10.2 Å². The Morgan fingerprint density at radius 1 is 1.09 bits per heavy atom. The number of anilines is 1. The molecular formula is C16H23N5O2. The number of carbonyl (C=O) groups is 2. The second kappa shape index (κ2) is 7.39. The largest absolute Gasteiger partial charge is 0.352 e. The van der Waals surface area contributed by atoms with Crippen molar-refractivity contribution in [3.63, 3.8) is 0 Å². The fourth-order valence-electron chi connectivity index (χ4n) is 3.16. The normalized spacial score (nSPS) is 19.5. The van der Waals surface area contributed by atoms with Crippen LogP contribution in [0.4, 0.5) is 5.82 Å². The third-order valence-electron chi connectivity index (χ3n) is 4.60. The number of carbonyl (C=O) groups excluding carboxylic acids is 2. The molecule has 2 fully saturated rings. The molecule has 7 nitrogen and oxygen atoms in total. The van der Waals surface area contributed by atoms with Gasteiger partial charge in [-0.05, 0) is 12.8 Å². The molecule has 7 heteroatoms. The van der Waals surface area contributed by atoms with E-state index in [-0.39, 0.29) is 11.9 Å². The van der Waals surface area contributed by atoms with Gasteiger partial charge in [-0.3, -0.25) is 9.59 Å². The summed E-state index contributed by atoms with van der Waals surface area (Å²) in [5.41, 5.74) is 0.367. The summed E-state index contributed by atoms with van der Waals surface area (Å²) in [6.07, 6.45) is 9.80. The molecule has 1 N–H and O–H groups in total. The number of hydrogen-bond acceptors (Lipinski definition) is 5. The van der Waals surface area contributed by atoms with Crippen LogP contribution in [0.15, 0.2) is 12.4 Å². The van der Waals surface area contributed by atoms with Crippen molar-refractivity contribution in [1.29, 1.82) is 0 Å². The van der Waals surface area contributed by atoms with Crippen molar-refractivity contribution in [2.24, 2.45) is 0 Å². The van der Waals surface area contributed by atoms with Crippen LogP contribution in [0.3, 0.4) is 0 Å². The van der Waals surface area contributed by atoms with Gasteiger partial charge in [-0.1, -0.05) is 19.3 Å². The molecular weight excluding hydrogens is 294 g/mol. The summed E-state index contributed by atoms with van der Waals surface area (Å²) < 4.78 is 0. The van der Waals surface area contributed by atoms with Crippen LogP contribution in [0.25, 0.3) is 0 Å². The standard InChI is InChI=1S/C16H23N5O2/c22-12-20-6-8-21(9-7-20)15-11-17-14(10-18-15)16(23)19-13-4-2-1-3-5-13/h10-13H,1-9H2,(H,19,23). The Kier molecular flexibility index (Phi) is 5.05. The average Bonchev–Trinajstić information content (AvgIpc) is 2.63. The first-order valence-corrected chi connectivity index (χ1v) is 8.33. The average molecular weight is 317 g/mol. The molecule has 0 spiro atoms. The van der Waals surface area contributed by atoms with E-state index in [1.807, 2.05) is 0 Å². The predicted octanol–water partition coefficient (Wildman–Crippen LogP) is 0.817. The first-order chi connectivity index (χ1) is 11.3. The van der Waals surface area contributed by atoms with Crippen molar-refractivity contribution in [2.75, 3.05) is 31.1 Å². The third kappa shape index (κ3) is 3.97. The lowest BCUT2D eigenvalue weighted by molar-refractivity contribution is -0.118. The molecule has 3 rings (SSSR count). The molecule has 1 saturated carbocycles. The Hall–Kier alpha value is -2.18. The summed E-state index contributed by atoms with van der Waals surface area (Å²) in [6, 6.07) is 0.272. The fraction of sp³-hybridized carbons (Fsp3) is 0.625. The lowest BCUT2D eigenvalue weighted by atomic mass is 9.95. The molecule has 0 atom stereocenters. The predicted molar refractivity (Wildman–Crippen MR) is 86.2 cm³/mol. The maximum absolute atomic E-state index is 12.2. The van der Waals surface area contributed by atoms with Crippen LogP contribution in [0.5, 0.6) is 0 Å². The second-order valence-electron chi connectivity index (χ2n) is 6.20. The van der Waals surface area contributed by atoms with Gasteiger partial charge in [0.25, 0.3) is 5.91 Å². The monoisotopic (exact) mass is 317 g/mol. The van der Waals surface area contributed by atoms with Crippen LogP contribution in [0.1, 0.15) is 42.6 Å². The lowest BCUT2D eigenvalue weighted by Gasteiger charge is -2.33. The van der Waals surface area contributed by atoms with Crippen molar-refractivity contribution in [1.82, 2.24) is 20.2 Å². The van der Waals surface area contributed by atoms with E-state index < -0.39 is 0 Å². The van der Waals surface area contributed by atoms with Crippen LogP contribution in [0.2, 0.25) is 0 Å². The SMILES string of the molecule is O=CN1CCN(c2cnc(C(=O)NC3CCCCC3)cn2)CC1. The topological polar surface area (TPSA) is 78.4 Å². The summed E-state index contributed by atoms with van der Waals surface area (Å²) >= 11 is 0. The molecule has 124 valence electrons. The number of aromatic nitrogens is 2. The van der Waals surface area contributed by atoms with Gasteiger partial charge >= 0.3 is 0 Å². The maximum atomic E-state index is 12.2. The first-order valence-electron chi connectivity index (χ1n) is 8.33. The van der Waals surface area contributed by atoms with E-state index >= 15 is 0 Å². The molecule has 0 bridgehead atoms. The van der Waals surface area contributed by atoms with Crippen LogP contribution >= 0.6 is 0 Å². The molecule has 2 aliphatic rings. The van der Waals surface area contributed by atoms with Crippen molar-refractivity contribution in [3.05, 3.63) is 18.1 Å². The van der Waals surface area contributed by atoms with E-state index in [0.29, 0.717) is 18.8 Å². The van der Waals surface area contributed by atoms with Gasteiger partial charge in [0.15, 0.2) is 0 Å². The highest BCUT2D eigenvalue weighted by molar-refractivity contribution is 5.92. The van der Waals surface area contributed by atoms with Gasteiger partial charge in [0.05, 0.1) is 12.4 Å². The lowest BCUT2D eigenvalue weighted by Crippen LogP contribution is -2.46. The van der Waals surface area contributed by atoms with Crippen molar-refractivity contribution in [3.8, 4) is 0 Å². The van der Waals surface area contributed by atoms with Gasteiger partial charge < -0.3 is 15.1 Å². The van der Waals surface area contributed by atoms with Crippen molar-refractivity contribution < 1.29 is 9.59 Å². The summed E-state index contributed by atoms with van der Waals surface area (Å²) in [6.45, 7) is 2.85. The van der Waals surface area contributed by atoms with Crippen LogP contribution in [-0.2, 0) is 4.79 Å². The van der Waals surface area contributed by atoms with Gasteiger partial charge in [-0.2, -0.15) is 0 Å². The number of piperazine rings is 1. The van der Waals surface area contributed by atoms with E-state index in [9.17, 15) is 9.59 Å². The quantitative estimate of drug-likeness (QED) is 0.832. The molecule has 23 heavy (non-hydrogen) atoms. The summed E-state index contributed by atoms with van der Waals surface area (Å²) in [5.74, 6) is 0.617. The maximum Gasteiger partial charge on any atom is 0.271 e. The molecule has 2 heterocycles. The molecule has 1 aromatic heterocycles. The van der Waals surface area contributed by atoms with E-state index in [1.54, 1.807) is 17.3 Å². The van der Waals surface area contributed by atoms with Crippen molar-refractivity contribution >= 4 is 18.1 Å². The summed E-state index contributed by atoms with van der Waals surface area (Å²) in [7, 11) is 0. The van der Waals surface area contributed by atoms with Gasteiger partial charge in [-0.25, -0.2) is 9.97 Å². The van der Waals surface area contributed by atoms with E-state index in [4.69, 9.17) is 0 Å². The molecule has 0 radical (unpaired) electrons. The van der Waals surface area contributed by atoms with Gasteiger partial charge in [0.1, 0.15) is 11.5 Å². The number of rotatable bonds is 4. The summed E-state index contributed by atoms with van der Waals surface area (Å²) in [4.78, 5) is 35.4. The Morgan fingerprint density at radius 2 is 1.83 bits per heavy atom. The zero-order valence-corrected chi connectivity index (χ0v) is 13.3. The highest BCUT2D eigenvalue weighted by Gasteiger charge is 2.19. The highest BCUT2D eigenvalue weighted by Crippen LogP contribution is 2.18. The van der Waals surface area contributed by atoms with E-state index in [2.05, 4.69) is 20.2 Å². The molecule has 0 unspecified atom stereocenters. The van der Waals surface area contributed by atoms with Crippen molar-refractivity contribution in [2.45, 2.75) is 38.1 Å². The van der Waals surface area contributed by atoms with E-state index in [1.165, 1.54) is 19.3 Å². The van der Waals surface area contributed by atoms with Gasteiger partial charge in [-0.15, -0.1) is 0 Å². The highest BCUT2D eigenvalue weighted by atomic mass is 16.2. The Bertz CT molecular complexity index is 534. The smallest absolute Gasteiger partial charge is 0.271 e. The zero-order chi connectivity index (χ0) is 16.1. The number of amides is 2. The molecule has 1 aliphatic heterocycles. The molecule has 1 saturated heterocycles. The summed E-state index contributed by atoms with van der Waals surface area (Å²) in [5, 5.41) is 3.05. The first kappa shape index (κ1) is 15.7. The van der Waals surface area contributed by atoms with Gasteiger partial charge in [0.2, 0.25) is 6.41 Å². The molecule has 1 aromatic rings.